The molecule has 0 unspecified atom stereocenters. The molecule has 0 fully saturated rings. The van der Waals surface area contributed by atoms with Crippen LogP contribution in [-0.4, -0.2) is 9.91 Å². The zero-order valence-corrected chi connectivity index (χ0v) is 21.2. The fraction of sp³-hybridized carbons (Fsp3) is 0.0333. The first-order valence-electron chi connectivity index (χ1n) is 11.8. The van der Waals surface area contributed by atoms with Crippen molar-refractivity contribution in [1.29, 1.82) is 5.26 Å². The highest BCUT2D eigenvalue weighted by Crippen LogP contribution is 2.34. The van der Waals surface area contributed by atoms with E-state index in [4.69, 9.17) is 8.83 Å². The minimum absolute atomic E-state index is 0.0630. The van der Waals surface area contributed by atoms with Crippen molar-refractivity contribution in [1.82, 2.24) is 4.98 Å². The van der Waals surface area contributed by atoms with Gasteiger partial charge in [0, 0.05) is 22.9 Å². The molecule has 0 bridgehead atoms. The number of furan rings is 1. The molecule has 0 radical (unpaired) electrons. The quantitative estimate of drug-likeness (QED) is 0.0737. The summed E-state index contributed by atoms with van der Waals surface area (Å²) in [7, 11) is 0. The molecule has 3 heterocycles. The number of aromatic nitrogens is 1. The fourth-order valence-corrected chi connectivity index (χ4v) is 5.22. The molecule has 6 rings (SSSR count). The minimum Gasteiger partial charge on any atom is -0.456 e. The van der Waals surface area contributed by atoms with Crippen molar-refractivity contribution in [2.75, 3.05) is 0 Å². The number of rotatable bonds is 5. The van der Waals surface area contributed by atoms with E-state index >= 15 is 0 Å². The SMILES string of the molecule is Cc1ccc(-c2ccc(C=C(C#N)c3nc(-c4cc5c(ccc6ccccc65)oc4=O)cs3)o2)c([N+](=O)[O-])c1. The van der Waals surface area contributed by atoms with Crippen molar-refractivity contribution in [3.63, 3.8) is 0 Å². The van der Waals surface area contributed by atoms with Crippen LogP contribution in [0.3, 0.4) is 0 Å². The molecule has 0 aliphatic carbocycles. The van der Waals surface area contributed by atoms with Crippen LogP contribution in [0.4, 0.5) is 5.69 Å². The summed E-state index contributed by atoms with van der Waals surface area (Å²) in [5, 5.41) is 26.2. The summed E-state index contributed by atoms with van der Waals surface area (Å²) in [5.74, 6) is 0.649. The first kappa shape index (κ1) is 24.0. The Morgan fingerprint density at radius 3 is 2.69 bits per heavy atom. The molecule has 0 aliphatic heterocycles. The van der Waals surface area contributed by atoms with Gasteiger partial charge in [-0.25, -0.2) is 9.78 Å². The van der Waals surface area contributed by atoms with Gasteiger partial charge in [0.05, 0.1) is 27.3 Å². The van der Waals surface area contributed by atoms with E-state index in [0.29, 0.717) is 38.9 Å². The standard InChI is InChI=1S/C30H17N3O5S/c1-17-6-9-22(26(12-17)33(35)36)27-11-8-20(37-27)13-19(15-31)29-32-25(16-39-29)24-14-23-21-5-3-2-4-18(21)7-10-28(23)38-30(24)34/h2-14,16H,1H3. The summed E-state index contributed by atoms with van der Waals surface area (Å²) < 4.78 is 11.4. The van der Waals surface area contributed by atoms with Crippen molar-refractivity contribution in [3.05, 3.63) is 115 Å². The number of nitriles is 1. The second kappa shape index (κ2) is 9.52. The highest BCUT2D eigenvalue weighted by molar-refractivity contribution is 7.11. The predicted octanol–water partition coefficient (Wildman–Crippen LogP) is 7.61. The van der Waals surface area contributed by atoms with Crippen LogP contribution in [0.25, 0.3) is 56.0 Å². The van der Waals surface area contributed by atoms with E-state index < -0.39 is 10.5 Å². The van der Waals surface area contributed by atoms with Gasteiger partial charge in [-0.3, -0.25) is 10.1 Å². The van der Waals surface area contributed by atoms with E-state index in [9.17, 15) is 20.2 Å². The lowest BCUT2D eigenvalue weighted by molar-refractivity contribution is -0.384. The van der Waals surface area contributed by atoms with Crippen LogP contribution < -0.4 is 5.63 Å². The van der Waals surface area contributed by atoms with E-state index in [1.807, 2.05) is 30.3 Å². The van der Waals surface area contributed by atoms with Gasteiger partial charge >= 0.3 is 5.63 Å². The van der Waals surface area contributed by atoms with Gasteiger partial charge in [0.2, 0.25) is 0 Å². The van der Waals surface area contributed by atoms with E-state index in [1.54, 1.807) is 48.7 Å². The first-order valence-corrected chi connectivity index (χ1v) is 12.7. The fourth-order valence-electron chi connectivity index (χ4n) is 4.43. The largest absolute Gasteiger partial charge is 0.456 e. The third kappa shape index (κ3) is 4.39. The van der Waals surface area contributed by atoms with Gasteiger partial charge < -0.3 is 8.83 Å². The van der Waals surface area contributed by atoms with Gasteiger partial charge in [-0.1, -0.05) is 36.4 Å². The van der Waals surface area contributed by atoms with Crippen molar-refractivity contribution in [3.8, 4) is 28.7 Å². The zero-order valence-electron chi connectivity index (χ0n) is 20.4. The number of hydrogen-bond donors (Lipinski definition) is 0. The highest BCUT2D eigenvalue weighted by Gasteiger charge is 2.19. The molecule has 3 aromatic heterocycles. The van der Waals surface area contributed by atoms with Gasteiger partial charge in [-0.15, -0.1) is 11.3 Å². The molecule has 0 atom stereocenters. The number of nitro groups is 1. The summed E-state index contributed by atoms with van der Waals surface area (Å²) in [5.41, 5.74) is 1.92. The average Bonchev–Trinajstić information content (AvgIpc) is 3.61. The Hall–Kier alpha value is -5.33. The van der Waals surface area contributed by atoms with Crippen molar-refractivity contribution in [2.45, 2.75) is 6.92 Å². The Labute approximate surface area is 224 Å². The van der Waals surface area contributed by atoms with E-state index in [2.05, 4.69) is 11.1 Å². The van der Waals surface area contributed by atoms with E-state index in [1.165, 1.54) is 23.5 Å². The minimum atomic E-state index is -0.521. The molecule has 0 saturated carbocycles. The molecule has 8 nitrogen and oxygen atoms in total. The topological polar surface area (TPSA) is 123 Å². The van der Waals surface area contributed by atoms with Crippen LogP contribution in [0.5, 0.6) is 0 Å². The van der Waals surface area contributed by atoms with Gasteiger partial charge in [0.1, 0.15) is 28.2 Å². The number of thiazole rings is 1. The molecule has 39 heavy (non-hydrogen) atoms. The maximum atomic E-state index is 12.8. The second-order valence-electron chi connectivity index (χ2n) is 8.83. The Morgan fingerprint density at radius 2 is 1.87 bits per heavy atom. The molecular weight excluding hydrogens is 514 g/mol. The van der Waals surface area contributed by atoms with Crippen molar-refractivity contribution < 1.29 is 13.8 Å². The van der Waals surface area contributed by atoms with Crippen molar-refractivity contribution in [2.24, 2.45) is 0 Å². The normalized spacial score (nSPS) is 11.6. The van der Waals surface area contributed by atoms with Crippen LogP contribution in [0.2, 0.25) is 0 Å². The van der Waals surface area contributed by atoms with Gasteiger partial charge in [-0.2, -0.15) is 5.26 Å². The summed E-state index contributed by atoms with van der Waals surface area (Å²) in [6, 6.07) is 23.5. The number of allylic oxidation sites excluding steroid dienone is 1. The average molecular weight is 532 g/mol. The van der Waals surface area contributed by atoms with Crippen LogP contribution in [-0.2, 0) is 0 Å². The number of nitro benzene ring substituents is 1. The van der Waals surface area contributed by atoms with Gasteiger partial charge in [0.25, 0.3) is 5.69 Å². The number of aryl methyl sites for hydroxylation is 1. The van der Waals surface area contributed by atoms with E-state index in [-0.39, 0.29) is 11.3 Å². The third-order valence-electron chi connectivity index (χ3n) is 6.30. The Morgan fingerprint density at radius 1 is 1.03 bits per heavy atom. The van der Waals surface area contributed by atoms with Gasteiger partial charge in [-0.05, 0) is 53.6 Å². The molecule has 3 aromatic carbocycles. The van der Waals surface area contributed by atoms with Gasteiger partial charge in [0.15, 0.2) is 0 Å². The lowest BCUT2D eigenvalue weighted by atomic mass is 10.0. The monoisotopic (exact) mass is 531 g/mol. The molecule has 6 aromatic rings. The van der Waals surface area contributed by atoms with Crippen LogP contribution in [0.15, 0.2) is 91.8 Å². The van der Waals surface area contributed by atoms with Crippen LogP contribution in [0.1, 0.15) is 16.3 Å². The molecule has 9 heteroatoms. The molecule has 0 amide bonds. The maximum Gasteiger partial charge on any atom is 0.345 e. The number of nitrogens with zero attached hydrogens (tertiary/aromatic N) is 3. The lowest BCUT2D eigenvalue weighted by Crippen LogP contribution is -2.03. The molecule has 0 N–H and O–H groups in total. The van der Waals surface area contributed by atoms with E-state index in [0.717, 1.165) is 21.7 Å². The summed E-state index contributed by atoms with van der Waals surface area (Å²) in [4.78, 5) is 28.4. The second-order valence-corrected chi connectivity index (χ2v) is 9.69. The Kier molecular flexibility index (Phi) is 5.87. The smallest absolute Gasteiger partial charge is 0.345 e. The van der Waals surface area contributed by atoms with Crippen molar-refractivity contribution >= 4 is 50.4 Å². The summed E-state index contributed by atoms with van der Waals surface area (Å²) >= 11 is 1.21. The first-order chi connectivity index (χ1) is 18.9. The lowest BCUT2D eigenvalue weighted by Gasteiger charge is -2.04. The summed E-state index contributed by atoms with van der Waals surface area (Å²) in [6.45, 7) is 1.78. The van der Waals surface area contributed by atoms with Crippen LogP contribution >= 0.6 is 11.3 Å². The highest BCUT2D eigenvalue weighted by atomic mass is 32.1. The molecule has 0 spiro atoms. The third-order valence-corrected chi connectivity index (χ3v) is 7.18. The zero-order chi connectivity index (χ0) is 27.1. The number of fused-ring (bicyclic) bond motifs is 3. The molecule has 0 saturated heterocycles. The number of hydrogen-bond acceptors (Lipinski definition) is 8. The predicted molar refractivity (Wildman–Crippen MR) is 150 cm³/mol. The molecule has 188 valence electrons. The Bertz CT molecular complexity index is 2060. The molecular formula is C30H17N3O5S. The maximum absolute atomic E-state index is 12.8. The Balaban J connectivity index is 1.37. The molecule has 0 aliphatic rings. The van der Waals surface area contributed by atoms with Crippen LogP contribution in [0, 0.1) is 28.4 Å². The number of benzene rings is 3. The summed E-state index contributed by atoms with van der Waals surface area (Å²) in [6.07, 6.45) is 1.52.